The molecule has 6 fully saturated rings. The Morgan fingerprint density at radius 1 is 0.917 bits per heavy atom. The smallest absolute Gasteiger partial charge is 0.407 e. The third kappa shape index (κ3) is 9.28. The lowest BCUT2D eigenvalue weighted by molar-refractivity contribution is -0.129. The van der Waals surface area contributed by atoms with Crippen LogP contribution in [0.3, 0.4) is 0 Å². The Bertz CT molecular complexity index is 1950. The van der Waals surface area contributed by atoms with E-state index in [1.807, 2.05) is 31.2 Å². The minimum atomic E-state index is -3.55. The van der Waals surface area contributed by atoms with Crippen molar-refractivity contribution in [3.8, 4) is 0 Å². The van der Waals surface area contributed by atoms with Gasteiger partial charge in [-0.3, -0.25) is 9.69 Å². The van der Waals surface area contributed by atoms with Crippen LogP contribution in [-0.4, -0.2) is 154 Å². The minimum absolute atomic E-state index is 0.0148. The van der Waals surface area contributed by atoms with Gasteiger partial charge in [0.25, 0.3) is 0 Å². The molecule has 3 atom stereocenters. The number of aliphatic hydroxyl groups is 1. The highest BCUT2D eigenvalue weighted by molar-refractivity contribution is 7.92. The summed E-state index contributed by atoms with van der Waals surface area (Å²) in [5, 5.41) is 12.7. The second-order valence-electron chi connectivity index (χ2n) is 18.9. The molecule has 60 heavy (non-hydrogen) atoms. The Labute approximate surface area is 356 Å². The van der Waals surface area contributed by atoms with E-state index in [0.717, 1.165) is 109 Å². The molecule has 6 aliphatic rings. The van der Waals surface area contributed by atoms with E-state index in [2.05, 4.69) is 31.0 Å². The normalized spacial score (nSPS) is 26.0. The summed E-state index contributed by atoms with van der Waals surface area (Å²) < 4.78 is 47.0. The Morgan fingerprint density at radius 2 is 1.63 bits per heavy atom. The van der Waals surface area contributed by atoms with Gasteiger partial charge in [0.05, 0.1) is 17.6 Å². The molecule has 328 valence electrons. The molecule has 1 unspecified atom stereocenters. The topological polar surface area (TPSA) is 126 Å². The zero-order chi connectivity index (χ0) is 42.1. The van der Waals surface area contributed by atoms with E-state index in [4.69, 9.17) is 4.74 Å². The summed E-state index contributed by atoms with van der Waals surface area (Å²) >= 11 is 0. The number of hydrogen-bond acceptors (Lipinski definition) is 10. The van der Waals surface area contributed by atoms with Crippen LogP contribution in [-0.2, 0) is 24.8 Å². The van der Waals surface area contributed by atoms with Crippen LogP contribution in [0.2, 0.25) is 0 Å². The highest BCUT2D eigenvalue weighted by Crippen LogP contribution is 2.51. The summed E-state index contributed by atoms with van der Waals surface area (Å²) in [6.45, 7) is 12.3. The first-order chi connectivity index (χ1) is 28.8. The van der Waals surface area contributed by atoms with Crippen LogP contribution in [0, 0.1) is 23.6 Å². The molecule has 0 aromatic heterocycles. The fraction of sp³-hybridized carbons (Fsp3) is 0.652. The first-order valence-corrected chi connectivity index (χ1v) is 23.9. The number of amides is 2. The van der Waals surface area contributed by atoms with Gasteiger partial charge >= 0.3 is 6.09 Å². The highest BCUT2D eigenvalue weighted by Gasteiger charge is 2.53. The summed E-state index contributed by atoms with van der Waals surface area (Å²) in [6, 6.07) is 14.5. The average molecular weight is 849 g/mol. The number of likely N-dealkylation sites (tertiary alicyclic amines) is 4. The van der Waals surface area contributed by atoms with Gasteiger partial charge in [-0.1, -0.05) is 24.6 Å². The van der Waals surface area contributed by atoms with Crippen molar-refractivity contribution in [2.24, 2.45) is 17.8 Å². The standard InChI is InChI=1S/C46H65FN6O6S/c1-45(56)18-25-49(26-19-45)20-5-11-43(54)53-31-40(32-53)60(57,58)39-14-12-38(13-15-39)52-29-34(30-52)28-50-23-16-35(17-24-50)46(33-51-21-6-22-51,36-7-3-8-37(47)27-36)41-9-4-10-42(41)48-44(55)59-2/h3,5,7-8,11-15,27,34-35,40-42,56H,4,6,9-10,16-26,28-33H2,1-2H3,(H,48,55)/b11-5+/t41-,42-,46?/m0/s1. The Hall–Kier alpha value is -3.56. The molecule has 1 aliphatic carbocycles. The molecule has 0 bridgehead atoms. The number of methoxy groups -OCH3 is 1. The molecule has 5 aliphatic heterocycles. The van der Waals surface area contributed by atoms with Crippen molar-refractivity contribution >= 4 is 27.5 Å². The van der Waals surface area contributed by atoms with E-state index in [0.29, 0.717) is 36.1 Å². The second kappa shape index (κ2) is 18.0. The number of carbonyl (C=O) groups is 2. The number of piperidine rings is 2. The summed E-state index contributed by atoms with van der Waals surface area (Å²) in [5.41, 5.74) is 1.20. The van der Waals surface area contributed by atoms with Crippen molar-refractivity contribution in [1.29, 1.82) is 0 Å². The van der Waals surface area contributed by atoms with E-state index in [1.54, 1.807) is 29.2 Å². The van der Waals surface area contributed by atoms with Gasteiger partial charge in [0, 0.05) is 88.0 Å². The van der Waals surface area contributed by atoms with Gasteiger partial charge in [-0.05, 0) is 132 Å². The molecule has 0 radical (unpaired) electrons. The molecule has 1 saturated carbocycles. The number of anilines is 1. The minimum Gasteiger partial charge on any atom is -0.453 e. The van der Waals surface area contributed by atoms with Crippen LogP contribution in [0.1, 0.15) is 63.9 Å². The SMILES string of the molecule is COC(=O)N[C@H]1CCC[C@@H]1C(CN1CCC1)(c1cccc(F)c1)C1CCN(CC2CN(c3ccc(S(=O)(=O)C4CN(C(=O)/C=C/CN5CCC(C)(O)CC5)C4)cc3)C2)CC1. The number of alkyl carbamates (subject to hydrolysis) is 1. The van der Waals surface area contributed by atoms with Gasteiger partial charge < -0.3 is 34.8 Å². The third-order valence-electron chi connectivity index (χ3n) is 14.9. The van der Waals surface area contributed by atoms with Gasteiger partial charge in [-0.25, -0.2) is 17.6 Å². The lowest BCUT2D eigenvalue weighted by Crippen LogP contribution is -2.60. The van der Waals surface area contributed by atoms with Gasteiger partial charge in [-0.2, -0.15) is 0 Å². The van der Waals surface area contributed by atoms with Gasteiger partial charge in [0.2, 0.25) is 5.91 Å². The molecule has 2 aromatic carbocycles. The summed E-state index contributed by atoms with van der Waals surface area (Å²) in [7, 11) is -2.14. The number of halogens is 1. The van der Waals surface area contributed by atoms with Crippen molar-refractivity contribution in [3.63, 3.8) is 0 Å². The van der Waals surface area contributed by atoms with Crippen LogP contribution in [0.4, 0.5) is 14.9 Å². The van der Waals surface area contributed by atoms with E-state index >= 15 is 4.39 Å². The van der Waals surface area contributed by atoms with Crippen LogP contribution in [0.5, 0.6) is 0 Å². The van der Waals surface area contributed by atoms with Crippen molar-refractivity contribution in [3.05, 3.63) is 72.1 Å². The highest BCUT2D eigenvalue weighted by atomic mass is 32.2. The second-order valence-corrected chi connectivity index (χ2v) is 21.1. The average Bonchev–Trinajstić information content (AvgIpc) is 3.64. The van der Waals surface area contributed by atoms with Crippen LogP contribution < -0.4 is 10.2 Å². The van der Waals surface area contributed by atoms with Gasteiger partial charge in [0.15, 0.2) is 9.84 Å². The maximum Gasteiger partial charge on any atom is 0.407 e. The molecule has 8 rings (SSSR count). The predicted molar refractivity (Wildman–Crippen MR) is 230 cm³/mol. The predicted octanol–water partition coefficient (Wildman–Crippen LogP) is 4.53. The number of nitrogens with one attached hydrogen (secondary N) is 1. The van der Waals surface area contributed by atoms with Crippen molar-refractivity contribution in [2.75, 3.05) is 97.1 Å². The zero-order valence-corrected chi connectivity index (χ0v) is 36.3. The van der Waals surface area contributed by atoms with Crippen molar-refractivity contribution in [1.82, 2.24) is 24.9 Å². The van der Waals surface area contributed by atoms with E-state index in [9.17, 15) is 23.1 Å². The molecule has 5 heterocycles. The van der Waals surface area contributed by atoms with E-state index in [1.165, 1.54) is 19.6 Å². The third-order valence-corrected chi connectivity index (χ3v) is 17.0. The quantitative estimate of drug-likeness (QED) is 0.262. The molecule has 2 amide bonds. The van der Waals surface area contributed by atoms with Crippen LogP contribution in [0.15, 0.2) is 65.6 Å². The first-order valence-electron chi connectivity index (χ1n) is 22.4. The molecule has 2 N–H and O–H groups in total. The van der Waals surface area contributed by atoms with Crippen LogP contribution in [0.25, 0.3) is 0 Å². The van der Waals surface area contributed by atoms with Crippen LogP contribution >= 0.6 is 0 Å². The number of ether oxygens (including phenoxy) is 1. The number of sulfone groups is 1. The van der Waals surface area contributed by atoms with E-state index in [-0.39, 0.29) is 42.2 Å². The Morgan fingerprint density at radius 3 is 2.28 bits per heavy atom. The molecule has 5 saturated heterocycles. The summed E-state index contributed by atoms with van der Waals surface area (Å²) in [4.78, 5) is 36.8. The molecular formula is C46H65FN6O6S. The number of carbonyl (C=O) groups excluding carboxylic acids is 2. The molecule has 2 aromatic rings. The zero-order valence-electron chi connectivity index (χ0n) is 35.5. The summed E-state index contributed by atoms with van der Waals surface area (Å²) in [6.07, 6.45) is 10.6. The maximum absolute atomic E-state index is 15.0. The van der Waals surface area contributed by atoms with E-state index < -0.39 is 26.8 Å². The number of benzene rings is 2. The van der Waals surface area contributed by atoms with Gasteiger partial charge in [0.1, 0.15) is 11.1 Å². The largest absolute Gasteiger partial charge is 0.453 e. The van der Waals surface area contributed by atoms with Gasteiger partial charge in [-0.15, -0.1) is 0 Å². The fourth-order valence-corrected chi connectivity index (χ4v) is 12.8. The summed E-state index contributed by atoms with van der Waals surface area (Å²) in [5.74, 6) is 0.692. The number of hydrogen-bond donors (Lipinski definition) is 2. The molecule has 14 heteroatoms. The number of nitrogens with zero attached hydrogens (tertiary/aromatic N) is 5. The fourth-order valence-electron chi connectivity index (χ4n) is 11.1. The molecular weight excluding hydrogens is 784 g/mol. The Kier molecular flexibility index (Phi) is 13.0. The monoisotopic (exact) mass is 848 g/mol. The first kappa shape index (κ1) is 43.1. The lowest BCUT2D eigenvalue weighted by Gasteiger charge is -2.54. The molecule has 0 spiro atoms. The Balaban J connectivity index is 0.825. The maximum atomic E-state index is 15.0. The lowest BCUT2D eigenvalue weighted by atomic mass is 9.57. The number of rotatable bonds is 14. The molecule has 12 nitrogen and oxygen atoms in total. The van der Waals surface area contributed by atoms with Crippen molar-refractivity contribution < 1.29 is 32.2 Å². The van der Waals surface area contributed by atoms with Crippen molar-refractivity contribution in [2.45, 2.75) is 85.5 Å².